The van der Waals surface area contributed by atoms with Gasteiger partial charge in [0.05, 0.1) is 5.75 Å². The van der Waals surface area contributed by atoms with Gasteiger partial charge in [0.25, 0.3) is 0 Å². The maximum absolute atomic E-state index is 10.7. The van der Waals surface area contributed by atoms with Gasteiger partial charge in [-0.1, -0.05) is 39.0 Å². The molecule has 0 radical (unpaired) electrons. The summed E-state index contributed by atoms with van der Waals surface area (Å²) < 4.78 is 2.12. The Morgan fingerprint density at radius 3 is 2.58 bits per heavy atom. The van der Waals surface area contributed by atoms with Crippen LogP contribution in [-0.2, 0) is 11.2 Å². The van der Waals surface area contributed by atoms with Crippen molar-refractivity contribution in [3.05, 3.63) is 5.82 Å². The number of carboxylic acid groups (broad SMARTS) is 1. The van der Waals surface area contributed by atoms with Gasteiger partial charge in [0.2, 0.25) is 0 Å². The molecule has 0 aliphatic rings. The largest absolute Gasteiger partial charge is 0.481 e. The quantitative estimate of drug-likeness (QED) is 0.744. The van der Waals surface area contributed by atoms with Crippen LogP contribution in [-0.4, -0.2) is 31.6 Å². The Kier molecular flexibility index (Phi) is 6.34. The van der Waals surface area contributed by atoms with Crippen molar-refractivity contribution in [3.8, 4) is 0 Å². The van der Waals surface area contributed by atoms with E-state index >= 15 is 0 Å². The van der Waals surface area contributed by atoms with E-state index in [1.54, 1.807) is 0 Å². The fourth-order valence-corrected chi connectivity index (χ4v) is 2.69. The Hall–Kier alpha value is -1.04. The zero-order valence-corrected chi connectivity index (χ0v) is 12.9. The summed E-state index contributed by atoms with van der Waals surface area (Å²) in [5.41, 5.74) is 0. The third-order valence-corrected chi connectivity index (χ3v) is 4.34. The molecule has 0 bridgehead atoms. The highest BCUT2D eigenvalue weighted by Crippen LogP contribution is 2.28. The molecule has 108 valence electrons. The molecule has 1 aromatic heterocycles. The second-order valence-electron chi connectivity index (χ2n) is 4.83. The van der Waals surface area contributed by atoms with Crippen molar-refractivity contribution < 1.29 is 9.90 Å². The number of hydrogen-bond donors (Lipinski definition) is 1. The zero-order chi connectivity index (χ0) is 14.4. The van der Waals surface area contributed by atoms with Crippen molar-refractivity contribution in [2.45, 2.75) is 58.2 Å². The number of aromatic nitrogens is 3. The Morgan fingerprint density at radius 1 is 1.37 bits per heavy atom. The van der Waals surface area contributed by atoms with Crippen LogP contribution in [0.1, 0.15) is 52.4 Å². The van der Waals surface area contributed by atoms with Gasteiger partial charge in [0, 0.05) is 12.5 Å². The van der Waals surface area contributed by atoms with E-state index in [2.05, 4.69) is 42.5 Å². The first-order valence-corrected chi connectivity index (χ1v) is 7.78. The van der Waals surface area contributed by atoms with Gasteiger partial charge in [-0.2, -0.15) is 0 Å². The summed E-state index contributed by atoms with van der Waals surface area (Å²) in [6, 6.07) is 0.290. The van der Waals surface area contributed by atoms with E-state index in [0.29, 0.717) is 5.92 Å². The van der Waals surface area contributed by atoms with Crippen molar-refractivity contribution in [1.82, 2.24) is 14.8 Å². The van der Waals surface area contributed by atoms with Gasteiger partial charge in [0.1, 0.15) is 5.82 Å². The van der Waals surface area contributed by atoms with Gasteiger partial charge in [0.15, 0.2) is 5.16 Å². The fraction of sp³-hybridized carbons (Fsp3) is 0.769. The molecule has 1 N–H and O–H groups in total. The molecule has 0 aliphatic carbocycles. The van der Waals surface area contributed by atoms with Crippen LogP contribution in [0.4, 0.5) is 0 Å². The summed E-state index contributed by atoms with van der Waals surface area (Å²) in [5, 5.41) is 17.9. The molecule has 5 nitrogen and oxygen atoms in total. The first-order valence-electron chi connectivity index (χ1n) is 6.79. The lowest BCUT2D eigenvalue weighted by atomic mass is 10.0. The smallest absolute Gasteiger partial charge is 0.313 e. The van der Waals surface area contributed by atoms with Crippen molar-refractivity contribution in [2.75, 3.05) is 5.75 Å². The maximum atomic E-state index is 10.7. The lowest BCUT2D eigenvalue weighted by Crippen LogP contribution is -2.17. The molecule has 1 heterocycles. The molecule has 0 aromatic carbocycles. The maximum Gasteiger partial charge on any atom is 0.313 e. The van der Waals surface area contributed by atoms with Crippen LogP contribution in [0.15, 0.2) is 5.16 Å². The second kappa shape index (κ2) is 7.53. The topological polar surface area (TPSA) is 68.0 Å². The van der Waals surface area contributed by atoms with Crippen LogP contribution in [0.3, 0.4) is 0 Å². The molecule has 2 unspecified atom stereocenters. The van der Waals surface area contributed by atoms with Crippen molar-refractivity contribution in [3.63, 3.8) is 0 Å². The summed E-state index contributed by atoms with van der Waals surface area (Å²) in [6.45, 7) is 8.62. The molecular formula is C13H23N3O2S. The molecule has 1 aromatic rings. The Balaban J connectivity index is 3.00. The number of thioether (sulfide) groups is 1. The number of carboxylic acids is 1. The molecule has 1 rings (SSSR count). The summed E-state index contributed by atoms with van der Waals surface area (Å²) in [6.07, 6.45) is 2.96. The van der Waals surface area contributed by atoms with Gasteiger partial charge in [-0.3, -0.25) is 4.79 Å². The second-order valence-corrected chi connectivity index (χ2v) is 5.77. The highest BCUT2D eigenvalue weighted by atomic mass is 32.2. The average molecular weight is 285 g/mol. The van der Waals surface area contributed by atoms with E-state index < -0.39 is 5.97 Å². The molecule has 6 heteroatoms. The van der Waals surface area contributed by atoms with Gasteiger partial charge in [-0.25, -0.2) is 0 Å². The summed E-state index contributed by atoms with van der Waals surface area (Å²) in [7, 11) is 0. The predicted octanol–water partition coefficient (Wildman–Crippen LogP) is 3.01. The van der Waals surface area contributed by atoms with Crippen molar-refractivity contribution >= 4 is 17.7 Å². The van der Waals surface area contributed by atoms with Crippen LogP contribution in [0.25, 0.3) is 0 Å². The standard InChI is InChI=1S/C13H23N3O2S/c1-5-7-11-14-15-13(19-8-12(17)18)16(11)10(4)9(3)6-2/h9-10H,5-8H2,1-4H3,(H,17,18). The van der Waals surface area contributed by atoms with E-state index in [1.807, 2.05) is 0 Å². The van der Waals surface area contributed by atoms with E-state index in [-0.39, 0.29) is 11.8 Å². The SMILES string of the molecule is CCCc1nnc(SCC(=O)O)n1C(C)C(C)CC. The average Bonchev–Trinajstić information content (AvgIpc) is 2.78. The molecule has 19 heavy (non-hydrogen) atoms. The first-order chi connectivity index (χ1) is 9.01. The van der Waals surface area contributed by atoms with Crippen LogP contribution in [0, 0.1) is 5.92 Å². The third-order valence-electron chi connectivity index (χ3n) is 3.41. The van der Waals surface area contributed by atoms with Gasteiger partial charge < -0.3 is 9.67 Å². The molecule has 0 amide bonds. The van der Waals surface area contributed by atoms with E-state index in [0.717, 1.165) is 30.2 Å². The number of hydrogen-bond acceptors (Lipinski definition) is 4. The van der Waals surface area contributed by atoms with Crippen LogP contribution < -0.4 is 0 Å². The first kappa shape index (κ1) is 16.0. The number of nitrogens with zero attached hydrogens (tertiary/aromatic N) is 3. The van der Waals surface area contributed by atoms with E-state index in [1.165, 1.54) is 11.8 Å². The zero-order valence-electron chi connectivity index (χ0n) is 12.1. The molecule has 0 saturated heterocycles. The monoisotopic (exact) mass is 285 g/mol. The number of aliphatic carboxylic acids is 1. The Bertz CT molecular complexity index is 420. The highest BCUT2D eigenvalue weighted by Gasteiger charge is 2.21. The lowest BCUT2D eigenvalue weighted by Gasteiger charge is -2.23. The lowest BCUT2D eigenvalue weighted by molar-refractivity contribution is -0.133. The Labute approximate surface area is 118 Å². The molecule has 2 atom stereocenters. The highest BCUT2D eigenvalue weighted by molar-refractivity contribution is 7.99. The number of carbonyl (C=O) groups is 1. The summed E-state index contributed by atoms with van der Waals surface area (Å²) in [5.74, 6) is 0.670. The van der Waals surface area contributed by atoms with E-state index in [4.69, 9.17) is 5.11 Å². The van der Waals surface area contributed by atoms with E-state index in [9.17, 15) is 4.79 Å². The van der Waals surface area contributed by atoms with Crippen LogP contribution in [0.5, 0.6) is 0 Å². The minimum Gasteiger partial charge on any atom is -0.481 e. The fourth-order valence-electron chi connectivity index (χ4n) is 1.93. The normalized spacial score (nSPS) is 14.3. The molecule has 0 saturated carbocycles. The summed E-state index contributed by atoms with van der Waals surface area (Å²) in [4.78, 5) is 10.7. The molecule has 0 spiro atoms. The van der Waals surface area contributed by atoms with Gasteiger partial charge in [-0.15, -0.1) is 10.2 Å². The number of rotatable bonds is 8. The molecule has 0 aliphatic heterocycles. The van der Waals surface area contributed by atoms with Crippen molar-refractivity contribution in [1.29, 1.82) is 0 Å². The minimum atomic E-state index is -0.826. The molecule has 0 fully saturated rings. The summed E-state index contributed by atoms with van der Waals surface area (Å²) >= 11 is 1.25. The van der Waals surface area contributed by atoms with Gasteiger partial charge >= 0.3 is 5.97 Å². The predicted molar refractivity (Wildman–Crippen MR) is 76.5 cm³/mol. The number of aryl methyl sites for hydroxylation is 1. The minimum absolute atomic E-state index is 0.0253. The Morgan fingerprint density at radius 2 is 2.05 bits per heavy atom. The van der Waals surface area contributed by atoms with Crippen LogP contribution in [0.2, 0.25) is 0 Å². The third kappa shape index (κ3) is 4.23. The van der Waals surface area contributed by atoms with Crippen molar-refractivity contribution in [2.24, 2.45) is 5.92 Å². The van der Waals surface area contributed by atoms with Crippen LogP contribution >= 0.6 is 11.8 Å². The molecular weight excluding hydrogens is 262 g/mol. The van der Waals surface area contributed by atoms with Gasteiger partial charge in [-0.05, 0) is 19.3 Å².